The maximum absolute atomic E-state index is 12.4. The molecule has 0 spiro atoms. The number of aryl methyl sites for hydroxylation is 1. The molecular formula is C20H26N6OS. The van der Waals surface area contributed by atoms with E-state index in [2.05, 4.69) is 56.4 Å². The standard InChI is InChI=1S/C20H26N6OS/c1-4-26(5-2)18(16-10-11-28-13-16)12-21-20(27)23-17-8-6-15(7-9-17)19-24-22-14-25(19)3/h6-11,13-14,18H,4-5,12H2,1-3H3,(H2,21,23,27). The van der Waals surface area contributed by atoms with Crippen molar-refractivity contribution in [3.05, 3.63) is 53.0 Å². The van der Waals surface area contributed by atoms with E-state index in [0.717, 1.165) is 30.2 Å². The first-order chi connectivity index (χ1) is 13.6. The minimum Gasteiger partial charge on any atom is -0.336 e. The molecule has 0 aliphatic heterocycles. The summed E-state index contributed by atoms with van der Waals surface area (Å²) < 4.78 is 1.85. The maximum atomic E-state index is 12.4. The normalized spacial score (nSPS) is 12.1. The van der Waals surface area contributed by atoms with E-state index in [1.807, 2.05) is 35.9 Å². The van der Waals surface area contributed by atoms with Crippen molar-refractivity contribution in [2.45, 2.75) is 19.9 Å². The number of rotatable bonds is 8. The van der Waals surface area contributed by atoms with Crippen molar-refractivity contribution in [1.82, 2.24) is 25.0 Å². The lowest BCUT2D eigenvalue weighted by Crippen LogP contribution is -2.39. The maximum Gasteiger partial charge on any atom is 0.319 e. The Bertz CT molecular complexity index is 871. The van der Waals surface area contributed by atoms with E-state index in [9.17, 15) is 4.79 Å². The fourth-order valence-corrected chi connectivity index (χ4v) is 3.91. The number of urea groups is 1. The highest BCUT2D eigenvalue weighted by molar-refractivity contribution is 7.07. The molecule has 0 radical (unpaired) electrons. The van der Waals surface area contributed by atoms with Crippen LogP contribution in [0.5, 0.6) is 0 Å². The van der Waals surface area contributed by atoms with Crippen LogP contribution in [-0.4, -0.2) is 45.3 Å². The number of nitrogens with zero attached hydrogens (tertiary/aromatic N) is 4. The van der Waals surface area contributed by atoms with Gasteiger partial charge < -0.3 is 15.2 Å². The average molecular weight is 399 g/mol. The minimum absolute atomic E-state index is 0.172. The van der Waals surface area contributed by atoms with Crippen LogP contribution >= 0.6 is 11.3 Å². The van der Waals surface area contributed by atoms with E-state index in [-0.39, 0.29) is 12.1 Å². The molecule has 3 aromatic rings. The van der Waals surface area contributed by atoms with Crippen molar-refractivity contribution in [3.8, 4) is 11.4 Å². The van der Waals surface area contributed by atoms with Gasteiger partial charge in [-0.1, -0.05) is 13.8 Å². The lowest BCUT2D eigenvalue weighted by Gasteiger charge is -2.29. The zero-order valence-electron chi connectivity index (χ0n) is 16.4. The number of amides is 2. The summed E-state index contributed by atoms with van der Waals surface area (Å²) in [6.45, 7) is 6.71. The van der Waals surface area contributed by atoms with Gasteiger partial charge in [-0.2, -0.15) is 11.3 Å². The van der Waals surface area contributed by atoms with Gasteiger partial charge in [0, 0.05) is 24.8 Å². The second kappa shape index (κ2) is 9.48. The third-order valence-electron chi connectivity index (χ3n) is 4.75. The molecule has 0 saturated carbocycles. The number of hydrogen-bond donors (Lipinski definition) is 2. The summed E-state index contributed by atoms with van der Waals surface area (Å²) in [5.74, 6) is 0.786. The van der Waals surface area contributed by atoms with Crippen molar-refractivity contribution >= 4 is 23.1 Å². The summed E-state index contributed by atoms with van der Waals surface area (Å²) >= 11 is 1.68. The number of benzene rings is 1. The third kappa shape index (κ3) is 4.76. The molecule has 1 aromatic carbocycles. The molecule has 28 heavy (non-hydrogen) atoms. The van der Waals surface area contributed by atoms with Crippen LogP contribution in [0.3, 0.4) is 0 Å². The van der Waals surface area contributed by atoms with E-state index in [1.54, 1.807) is 17.7 Å². The topological polar surface area (TPSA) is 75.1 Å². The van der Waals surface area contributed by atoms with Gasteiger partial charge in [0.1, 0.15) is 6.33 Å². The van der Waals surface area contributed by atoms with Gasteiger partial charge in [-0.05, 0) is 59.7 Å². The Labute approximate surface area is 169 Å². The van der Waals surface area contributed by atoms with Crippen molar-refractivity contribution < 1.29 is 4.79 Å². The van der Waals surface area contributed by atoms with Gasteiger partial charge in [-0.25, -0.2) is 4.79 Å². The molecule has 2 heterocycles. The Morgan fingerprint density at radius 1 is 1.21 bits per heavy atom. The van der Waals surface area contributed by atoms with Crippen LogP contribution in [0, 0.1) is 0 Å². The number of nitrogens with one attached hydrogen (secondary N) is 2. The summed E-state index contributed by atoms with van der Waals surface area (Å²) in [6.07, 6.45) is 1.66. The zero-order chi connectivity index (χ0) is 19.9. The molecule has 2 N–H and O–H groups in total. The number of carbonyl (C=O) groups excluding carboxylic acids is 1. The fraction of sp³-hybridized carbons (Fsp3) is 0.350. The Morgan fingerprint density at radius 2 is 1.96 bits per heavy atom. The van der Waals surface area contributed by atoms with E-state index < -0.39 is 0 Å². The summed E-state index contributed by atoms with van der Waals surface area (Å²) in [5, 5.41) is 18.1. The number of carbonyl (C=O) groups is 1. The van der Waals surface area contributed by atoms with Crippen LogP contribution in [0.25, 0.3) is 11.4 Å². The lowest BCUT2D eigenvalue weighted by molar-refractivity contribution is 0.210. The molecule has 2 aromatic heterocycles. The first-order valence-corrected chi connectivity index (χ1v) is 10.3. The van der Waals surface area contributed by atoms with Crippen LogP contribution in [0.4, 0.5) is 10.5 Å². The number of thiophene rings is 1. The molecular weight excluding hydrogens is 372 g/mol. The Balaban J connectivity index is 1.59. The minimum atomic E-state index is -0.209. The molecule has 1 unspecified atom stereocenters. The predicted molar refractivity (Wildman–Crippen MR) is 113 cm³/mol. The molecule has 0 saturated heterocycles. The SMILES string of the molecule is CCN(CC)C(CNC(=O)Nc1ccc(-c2nncn2C)cc1)c1ccsc1. The second-order valence-electron chi connectivity index (χ2n) is 6.47. The van der Waals surface area contributed by atoms with Crippen molar-refractivity contribution in [2.24, 2.45) is 7.05 Å². The molecule has 8 heteroatoms. The molecule has 2 amide bonds. The average Bonchev–Trinajstić information content (AvgIpc) is 3.38. The van der Waals surface area contributed by atoms with Crippen LogP contribution in [-0.2, 0) is 7.05 Å². The van der Waals surface area contributed by atoms with Crippen molar-refractivity contribution in [1.29, 1.82) is 0 Å². The number of aromatic nitrogens is 3. The fourth-order valence-electron chi connectivity index (χ4n) is 3.20. The van der Waals surface area contributed by atoms with Crippen LogP contribution in [0.15, 0.2) is 47.4 Å². The smallest absolute Gasteiger partial charge is 0.319 e. The van der Waals surface area contributed by atoms with Gasteiger partial charge in [0.05, 0.1) is 6.04 Å². The van der Waals surface area contributed by atoms with E-state index in [1.165, 1.54) is 5.56 Å². The van der Waals surface area contributed by atoms with E-state index >= 15 is 0 Å². The zero-order valence-corrected chi connectivity index (χ0v) is 17.2. The number of likely N-dealkylation sites (N-methyl/N-ethyl adjacent to an activating group) is 1. The van der Waals surface area contributed by atoms with Gasteiger partial charge in [-0.3, -0.25) is 4.90 Å². The Morgan fingerprint density at radius 3 is 2.54 bits per heavy atom. The summed E-state index contributed by atoms with van der Waals surface area (Å²) in [7, 11) is 1.90. The second-order valence-corrected chi connectivity index (χ2v) is 7.25. The van der Waals surface area contributed by atoms with Crippen LogP contribution in [0.1, 0.15) is 25.5 Å². The van der Waals surface area contributed by atoms with Crippen molar-refractivity contribution in [3.63, 3.8) is 0 Å². The Kier molecular flexibility index (Phi) is 6.78. The Hall–Kier alpha value is -2.71. The highest BCUT2D eigenvalue weighted by Crippen LogP contribution is 2.22. The summed E-state index contributed by atoms with van der Waals surface area (Å²) in [6, 6.07) is 9.66. The number of hydrogen-bond acceptors (Lipinski definition) is 5. The monoisotopic (exact) mass is 398 g/mol. The third-order valence-corrected chi connectivity index (χ3v) is 5.45. The van der Waals surface area contributed by atoms with Gasteiger partial charge >= 0.3 is 6.03 Å². The highest BCUT2D eigenvalue weighted by Gasteiger charge is 2.19. The summed E-state index contributed by atoms with van der Waals surface area (Å²) in [5.41, 5.74) is 2.92. The quantitative estimate of drug-likeness (QED) is 0.606. The van der Waals surface area contributed by atoms with Gasteiger partial charge in [0.2, 0.25) is 0 Å². The largest absolute Gasteiger partial charge is 0.336 e. The lowest BCUT2D eigenvalue weighted by atomic mass is 10.1. The molecule has 148 valence electrons. The molecule has 0 aliphatic carbocycles. The first-order valence-electron chi connectivity index (χ1n) is 9.37. The molecule has 0 aliphatic rings. The van der Waals surface area contributed by atoms with Gasteiger partial charge in [0.15, 0.2) is 5.82 Å². The first kappa shape index (κ1) is 20.0. The molecule has 0 bridgehead atoms. The van der Waals surface area contributed by atoms with Crippen LogP contribution < -0.4 is 10.6 Å². The van der Waals surface area contributed by atoms with E-state index in [0.29, 0.717) is 6.54 Å². The molecule has 3 rings (SSSR count). The summed E-state index contributed by atoms with van der Waals surface area (Å²) in [4.78, 5) is 14.7. The highest BCUT2D eigenvalue weighted by atomic mass is 32.1. The molecule has 1 atom stereocenters. The van der Waals surface area contributed by atoms with E-state index in [4.69, 9.17) is 0 Å². The predicted octanol–water partition coefficient (Wildman–Crippen LogP) is 3.75. The van der Waals surface area contributed by atoms with Crippen LogP contribution in [0.2, 0.25) is 0 Å². The van der Waals surface area contributed by atoms with Crippen molar-refractivity contribution in [2.75, 3.05) is 25.0 Å². The number of anilines is 1. The van der Waals surface area contributed by atoms with Gasteiger partial charge in [-0.15, -0.1) is 10.2 Å². The molecule has 0 fully saturated rings. The van der Waals surface area contributed by atoms with Gasteiger partial charge in [0.25, 0.3) is 0 Å². The molecule has 7 nitrogen and oxygen atoms in total.